The van der Waals surface area contributed by atoms with Crippen molar-refractivity contribution in [2.24, 2.45) is 5.92 Å². The van der Waals surface area contributed by atoms with Crippen molar-refractivity contribution in [2.45, 2.75) is 19.5 Å². The highest BCUT2D eigenvalue weighted by atomic mass is 19.1. The lowest BCUT2D eigenvalue weighted by molar-refractivity contribution is -0.125. The summed E-state index contributed by atoms with van der Waals surface area (Å²) in [6.45, 7) is 3.25. The highest BCUT2D eigenvalue weighted by Crippen LogP contribution is 2.25. The fraction of sp³-hybridized carbons (Fsp3) is 0.333. The first-order valence-corrected chi connectivity index (χ1v) is 8.27. The molecule has 1 saturated heterocycles. The topological polar surface area (TPSA) is 75.3 Å². The number of nitrogens with one attached hydrogen (secondary N) is 3. The lowest BCUT2D eigenvalue weighted by Gasteiger charge is -2.19. The van der Waals surface area contributed by atoms with E-state index in [1.807, 2.05) is 19.1 Å². The molecular weight excluding hydrogens is 323 g/mol. The number of aromatic nitrogens is 1. The number of nitrogens with zero attached hydrogens (tertiary/aromatic N) is 1. The molecular formula is C18H21FN4O2. The summed E-state index contributed by atoms with van der Waals surface area (Å²) < 4.78 is 18.6. The molecule has 0 radical (unpaired) electrons. The van der Waals surface area contributed by atoms with Gasteiger partial charge in [-0.2, -0.15) is 0 Å². The number of hydrogen-bond acceptors (Lipinski definition) is 5. The largest absolute Gasteiger partial charge is 0.478 e. The van der Waals surface area contributed by atoms with E-state index in [4.69, 9.17) is 4.74 Å². The summed E-state index contributed by atoms with van der Waals surface area (Å²) in [5.74, 6) is -0.144. The van der Waals surface area contributed by atoms with Crippen LogP contribution >= 0.6 is 0 Å². The number of rotatable bonds is 6. The molecule has 1 aromatic carbocycles. The Morgan fingerprint density at radius 3 is 2.92 bits per heavy atom. The number of carbonyl (C=O) groups excluding carboxylic acids is 1. The van der Waals surface area contributed by atoms with Gasteiger partial charge in [0, 0.05) is 24.8 Å². The van der Waals surface area contributed by atoms with Crippen LogP contribution < -0.4 is 20.9 Å². The van der Waals surface area contributed by atoms with Gasteiger partial charge in [-0.1, -0.05) is 18.2 Å². The van der Waals surface area contributed by atoms with Crippen LogP contribution in [0.15, 0.2) is 42.6 Å². The van der Waals surface area contributed by atoms with E-state index in [1.165, 1.54) is 12.1 Å². The summed E-state index contributed by atoms with van der Waals surface area (Å²) in [5, 5.41) is 2.94. The Balaban J connectivity index is 1.65. The quantitative estimate of drug-likeness (QED) is 0.744. The van der Waals surface area contributed by atoms with Gasteiger partial charge in [-0.3, -0.25) is 10.2 Å². The van der Waals surface area contributed by atoms with Crippen molar-refractivity contribution in [3.05, 3.63) is 59.5 Å². The number of ether oxygens (including phenoxy) is 1. The van der Waals surface area contributed by atoms with E-state index in [1.54, 1.807) is 18.3 Å². The van der Waals surface area contributed by atoms with E-state index in [0.29, 0.717) is 25.6 Å². The molecule has 0 saturated carbocycles. The average Bonchev–Trinajstić information content (AvgIpc) is 3.11. The van der Waals surface area contributed by atoms with Gasteiger partial charge in [-0.15, -0.1) is 0 Å². The molecule has 3 N–H and O–H groups in total. The van der Waals surface area contributed by atoms with Gasteiger partial charge in [0.1, 0.15) is 5.82 Å². The van der Waals surface area contributed by atoms with Gasteiger partial charge in [0.05, 0.1) is 18.6 Å². The molecule has 25 heavy (non-hydrogen) atoms. The molecule has 2 aromatic rings. The maximum absolute atomic E-state index is 13.1. The first kappa shape index (κ1) is 17.3. The Morgan fingerprint density at radius 2 is 2.16 bits per heavy atom. The third-order valence-corrected chi connectivity index (χ3v) is 4.13. The maximum atomic E-state index is 13.1. The van der Waals surface area contributed by atoms with Crippen LogP contribution in [0, 0.1) is 11.7 Å². The molecule has 2 heterocycles. The van der Waals surface area contributed by atoms with Gasteiger partial charge in [0.25, 0.3) is 0 Å². The molecule has 1 amide bonds. The summed E-state index contributed by atoms with van der Waals surface area (Å²) in [4.78, 5) is 16.8. The van der Waals surface area contributed by atoms with Crippen LogP contribution in [0.5, 0.6) is 5.88 Å². The zero-order valence-corrected chi connectivity index (χ0v) is 14.0. The van der Waals surface area contributed by atoms with Crippen molar-refractivity contribution < 1.29 is 13.9 Å². The molecule has 0 aliphatic carbocycles. The van der Waals surface area contributed by atoms with E-state index in [2.05, 4.69) is 21.2 Å². The predicted octanol–water partition coefficient (Wildman–Crippen LogP) is 1.70. The number of halogens is 1. The Morgan fingerprint density at radius 1 is 1.36 bits per heavy atom. The summed E-state index contributed by atoms with van der Waals surface area (Å²) in [6, 6.07) is 9.65. The molecule has 1 aliphatic rings. The second-order valence-electron chi connectivity index (χ2n) is 5.78. The number of benzene rings is 1. The molecule has 3 rings (SSSR count). The molecule has 7 heteroatoms. The van der Waals surface area contributed by atoms with Crippen molar-refractivity contribution in [1.29, 1.82) is 0 Å². The van der Waals surface area contributed by atoms with Crippen LogP contribution in [0.1, 0.15) is 24.1 Å². The molecule has 0 bridgehead atoms. The fourth-order valence-corrected chi connectivity index (χ4v) is 2.87. The second-order valence-corrected chi connectivity index (χ2v) is 5.78. The van der Waals surface area contributed by atoms with Crippen molar-refractivity contribution in [1.82, 2.24) is 21.2 Å². The number of hydrogen-bond donors (Lipinski definition) is 3. The SMILES string of the molecule is CCOc1ncccc1CNC(=O)C1CNNC1c1ccc(F)cc1. The van der Waals surface area contributed by atoms with Crippen molar-refractivity contribution in [3.8, 4) is 5.88 Å². The van der Waals surface area contributed by atoms with Crippen molar-refractivity contribution >= 4 is 5.91 Å². The first-order chi connectivity index (χ1) is 12.2. The minimum atomic E-state index is -0.296. The number of pyridine rings is 1. The zero-order chi connectivity index (χ0) is 17.6. The summed E-state index contributed by atoms with van der Waals surface area (Å²) in [6.07, 6.45) is 1.66. The lowest BCUT2D eigenvalue weighted by atomic mass is 9.94. The standard InChI is InChI=1S/C18H21FN4O2/c1-2-25-18-13(4-3-9-20-18)10-21-17(24)15-11-22-23-16(15)12-5-7-14(19)8-6-12/h3-9,15-16,22-23H,2,10-11H2,1H3,(H,21,24). The van der Waals surface area contributed by atoms with Crippen LogP contribution in [0.25, 0.3) is 0 Å². The Kier molecular flexibility index (Phi) is 5.57. The Hall–Kier alpha value is -2.51. The molecule has 132 valence electrons. The Labute approximate surface area is 145 Å². The molecule has 2 unspecified atom stereocenters. The maximum Gasteiger partial charge on any atom is 0.226 e. The summed E-state index contributed by atoms with van der Waals surface area (Å²) in [7, 11) is 0. The van der Waals surface area contributed by atoms with Crippen LogP contribution in [0.4, 0.5) is 4.39 Å². The second kappa shape index (κ2) is 8.04. The Bertz CT molecular complexity index is 723. The van der Waals surface area contributed by atoms with Crippen molar-refractivity contribution in [2.75, 3.05) is 13.2 Å². The minimum absolute atomic E-state index is 0.0851. The molecule has 1 aliphatic heterocycles. The normalized spacial score (nSPS) is 19.6. The molecule has 0 spiro atoms. The third-order valence-electron chi connectivity index (χ3n) is 4.13. The lowest BCUT2D eigenvalue weighted by Crippen LogP contribution is -2.34. The van der Waals surface area contributed by atoms with Crippen LogP contribution in [0.2, 0.25) is 0 Å². The molecule has 1 aromatic heterocycles. The molecule has 1 fully saturated rings. The zero-order valence-electron chi connectivity index (χ0n) is 14.0. The number of hydrazine groups is 1. The van der Waals surface area contributed by atoms with Gasteiger partial charge in [0.2, 0.25) is 11.8 Å². The summed E-state index contributed by atoms with van der Waals surface area (Å²) in [5.41, 5.74) is 7.78. The van der Waals surface area contributed by atoms with E-state index in [-0.39, 0.29) is 23.7 Å². The smallest absolute Gasteiger partial charge is 0.226 e. The van der Waals surface area contributed by atoms with Crippen LogP contribution in [0.3, 0.4) is 0 Å². The third kappa shape index (κ3) is 4.12. The van der Waals surface area contributed by atoms with E-state index in [9.17, 15) is 9.18 Å². The van der Waals surface area contributed by atoms with Gasteiger partial charge in [-0.25, -0.2) is 14.8 Å². The van der Waals surface area contributed by atoms with Gasteiger partial charge in [0.15, 0.2) is 0 Å². The van der Waals surface area contributed by atoms with E-state index in [0.717, 1.165) is 11.1 Å². The van der Waals surface area contributed by atoms with Crippen LogP contribution in [-0.2, 0) is 11.3 Å². The van der Waals surface area contributed by atoms with Crippen LogP contribution in [-0.4, -0.2) is 24.0 Å². The number of amides is 1. The van der Waals surface area contributed by atoms with E-state index >= 15 is 0 Å². The first-order valence-electron chi connectivity index (χ1n) is 8.27. The predicted molar refractivity (Wildman–Crippen MR) is 91.0 cm³/mol. The van der Waals surface area contributed by atoms with Crippen molar-refractivity contribution in [3.63, 3.8) is 0 Å². The monoisotopic (exact) mass is 344 g/mol. The molecule has 6 nitrogen and oxygen atoms in total. The van der Waals surface area contributed by atoms with Gasteiger partial charge >= 0.3 is 0 Å². The van der Waals surface area contributed by atoms with Gasteiger partial charge < -0.3 is 10.1 Å². The summed E-state index contributed by atoms with van der Waals surface area (Å²) >= 11 is 0. The molecule has 2 atom stereocenters. The van der Waals surface area contributed by atoms with Gasteiger partial charge in [-0.05, 0) is 30.7 Å². The van der Waals surface area contributed by atoms with E-state index < -0.39 is 0 Å². The minimum Gasteiger partial charge on any atom is -0.478 e. The average molecular weight is 344 g/mol. The highest BCUT2D eigenvalue weighted by molar-refractivity contribution is 5.80. The fourth-order valence-electron chi connectivity index (χ4n) is 2.87. The highest BCUT2D eigenvalue weighted by Gasteiger charge is 2.33. The number of carbonyl (C=O) groups is 1.